The van der Waals surface area contributed by atoms with E-state index in [1.165, 1.54) is 28.6 Å². The summed E-state index contributed by atoms with van der Waals surface area (Å²) in [6.45, 7) is 1.83. The fraction of sp³-hybridized carbons (Fsp3) is 0.364. The number of rotatable bonds is 5. The van der Waals surface area contributed by atoms with Crippen molar-refractivity contribution in [3.05, 3.63) is 59.1 Å². The van der Waals surface area contributed by atoms with E-state index in [4.69, 9.17) is 11.6 Å². The van der Waals surface area contributed by atoms with Crippen molar-refractivity contribution in [1.29, 1.82) is 0 Å². The largest absolute Gasteiger partial charge is 0.339 e. The number of carbonyl (C=O) groups excluding carboxylic acids is 2. The van der Waals surface area contributed by atoms with Gasteiger partial charge >= 0.3 is 0 Å². The molecule has 0 bridgehead atoms. The number of nitrogens with one attached hydrogen (secondary N) is 1. The van der Waals surface area contributed by atoms with Gasteiger partial charge in [-0.1, -0.05) is 11.6 Å². The number of halogens is 1. The molecule has 0 spiro atoms. The number of hydrogen-bond donors (Lipinski definition) is 1. The van der Waals surface area contributed by atoms with Gasteiger partial charge < -0.3 is 10.2 Å². The molecule has 1 N–H and O–H groups in total. The summed E-state index contributed by atoms with van der Waals surface area (Å²) in [5, 5.41) is 3.24. The third kappa shape index (κ3) is 4.61. The Labute approximate surface area is 187 Å². The summed E-state index contributed by atoms with van der Waals surface area (Å²) in [6.07, 6.45) is 3.10. The van der Waals surface area contributed by atoms with Gasteiger partial charge in [-0.15, -0.1) is 0 Å². The predicted octanol–water partition coefficient (Wildman–Crippen LogP) is 3.37. The second-order valence-corrected chi connectivity index (χ2v) is 10.1. The number of carbonyl (C=O) groups is 2. The van der Waals surface area contributed by atoms with Crippen LogP contribution in [0, 0.1) is 0 Å². The molecule has 164 valence electrons. The molecule has 2 aliphatic heterocycles. The number of benzene rings is 2. The van der Waals surface area contributed by atoms with Gasteiger partial charge in [0, 0.05) is 35.9 Å². The van der Waals surface area contributed by atoms with Crippen LogP contribution in [0.25, 0.3) is 0 Å². The van der Waals surface area contributed by atoms with Crippen molar-refractivity contribution in [3.8, 4) is 0 Å². The Morgan fingerprint density at radius 3 is 2.19 bits per heavy atom. The molecular formula is C22H24ClN3O4S. The number of sulfonamides is 1. The molecule has 0 radical (unpaired) electrons. The first kappa shape index (κ1) is 21.8. The average Bonchev–Trinajstić information content (AvgIpc) is 3.47. The highest BCUT2D eigenvalue weighted by molar-refractivity contribution is 7.89. The van der Waals surface area contributed by atoms with Crippen LogP contribution >= 0.6 is 11.6 Å². The topological polar surface area (TPSA) is 86.8 Å². The molecule has 2 aromatic rings. The van der Waals surface area contributed by atoms with E-state index in [0.717, 1.165) is 25.9 Å². The SMILES string of the molecule is O=C(Nc1ccc(C(=O)N2CCCC2)cc1)[C@H]1CCCN1S(=O)(=O)c1ccc(Cl)cc1. The lowest BCUT2D eigenvalue weighted by molar-refractivity contribution is -0.119. The Kier molecular flexibility index (Phi) is 6.31. The Balaban J connectivity index is 1.45. The summed E-state index contributed by atoms with van der Waals surface area (Å²) in [4.78, 5) is 27.3. The highest BCUT2D eigenvalue weighted by Crippen LogP contribution is 2.28. The fourth-order valence-electron chi connectivity index (χ4n) is 4.06. The minimum atomic E-state index is -3.81. The van der Waals surface area contributed by atoms with Crippen LogP contribution in [-0.4, -0.2) is 55.1 Å². The Morgan fingerprint density at radius 2 is 1.55 bits per heavy atom. The molecule has 0 aromatic heterocycles. The molecule has 2 aliphatic rings. The maximum Gasteiger partial charge on any atom is 0.253 e. The van der Waals surface area contributed by atoms with Crippen molar-refractivity contribution in [3.63, 3.8) is 0 Å². The second-order valence-electron chi connectivity index (χ2n) is 7.79. The Morgan fingerprint density at radius 1 is 0.903 bits per heavy atom. The molecular weight excluding hydrogens is 438 g/mol. The number of amides is 2. The Bertz CT molecular complexity index is 1060. The summed E-state index contributed by atoms with van der Waals surface area (Å²) >= 11 is 5.86. The van der Waals surface area contributed by atoms with Crippen LogP contribution in [-0.2, 0) is 14.8 Å². The second kappa shape index (κ2) is 8.98. The molecule has 2 fully saturated rings. The van der Waals surface area contributed by atoms with Crippen LogP contribution in [0.5, 0.6) is 0 Å². The van der Waals surface area contributed by atoms with Gasteiger partial charge in [0.15, 0.2) is 0 Å². The number of likely N-dealkylation sites (tertiary alicyclic amines) is 1. The molecule has 7 nitrogen and oxygen atoms in total. The molecule has 2 amide bonds. The summed E-state index contributed by atoms with van der Waals surface area (Å²) in [6, 6.07) is 11.9. The highest BCUT2D eigenvalue weighted by Gasteiger charge is 2.39. The molecule has 0 unspecified atom stereocenters. The first-order valence-corrected chi connectivity index (χ1v) is 12.2. The first-order valence-electron chi connectivity index (χ1n) is 10.3. The van der Waals surface area contributed by atoms with Gasteiger partial charge in [0.1, 0.15) is 6.04 Å². The summed E-state index contributed by atoms with van der Waals surface area (Å²) in [5.74, 6) is -0.389. The highest BCUT2D eigenvalue weighted by atomic mass is 35.5. The minimum Gasteiger partial charge on any atom is -0.339 e. The molecule has 1 atom stereocenters. The van der Waals surface area contributed by atoms with Crippen molar-refractivity contribution < 1.29 is 18.0 Å². The lowest BCUT2D eigenvalue weighted by atomic mass is 10.1. The van der Waals surface area contributed by atoms with Crippen molar-refractivity contribution in [2.45, 2.75) is 36.6 Å². The van der Waals surface area contributed by atoms with Gasteiger partial charge in [-0.2, -0.15) is 4.31 Å². The van der Waals surface area contributed by atoms with Crippen LogP contribution in [0.3, 0.4) is 0 Å². The fourth-order valence-corrected chi connectivity index (χ4v) is 5.84. The van der Waals surface area contributed by atoms with Gasteiger partial charge in [-0.25, -0.2) is 8.42 Å². The van der Waals surface area contributed by atoms with Gasteiger partial charge in [0.25, 0.3) is 5.91 Å². The summed E-state index contributed by atoms with van der Waals surface area (Å²) in [5.41, 5.74) is 1.10. The standard InChI is InChI=1S/C22H24ClN3O4S/c23-17-7-11-19(12-8-17)31(29,30)26-15-3-4-20(26)21(27)24-18-9-5-16(6-10-18)22(28)25-13-1-2-14-25/h5-12,20H,1-4,13-15H2,(H,24,27)/t20-/m1/s1. The van der Waals surface area contributed by atoms with E-state index in [2.05, 4.69) is 5.32 Å². The number of anilines is 1. The number of hydrogen-bond acceptors (Lipinski definition) is 4. The quantitative estimate of drug-likeness (QED) is 0.739. The van der Waals surface area contributed by atoms with Gasteiger partial charge in [0.05, 0.1) is 4.90 Å². The van der Waals surface area contributed by atoms with E-state index in [9.17, 15) is 18.0 Å². The monoisotopic (exact) mass is 461 g/mol. The molecule has 2 saturated heterocycles. The zero-order valence-electron chi connectivity index (χ0n) is 17.0. The summed E-state index contributed by atoms with van der Waals surface area (Å²) < 4.78 is 27.3. The van der Waals surface area contributed by atoms with E-state index in [0.29, 0.717) is 29.1 Å². The Hall–Kier alpha value is -2.42. The maximum absolute atomic E-state index is 13.0. The van der Waals surface area contributed by atoms with E-state index < -0.39 is 16.1 Å². The van der Waals surface area contributed by atoms with Crippen molar-refractivity contribution in [1.82, 2.24) is 9.21 Å². The van der Waals surface area contributed by atoms with Crippen LogP contribution in [0.1, 0.15) is 36.0 Å². The normalized spacial score (nSPS) is 19.5. The van der Waals surface area contributed by atoms with E-state index in [1.807, 2.05) is 4.90 Å². The zero-order valence-corrected chi connectivity index (χ0v) is 18.5. The third-order valence-corrected chi connectivity index (χ3v) is 7.89. The van der Waals surface area contributed by atoms with Crippen LogP contribution in [0.2, 0.25) is 5.02 Å². The van der Waals surface area contributed by atoms with Crippen molar-refractivity contribution in [2.24, 2.45) is 0 Å². The molecule has 0 aliphatic carbocycles. The maximum atomic E-state index is 13.0. The molecule has 4 rings (SSSR count). The van der Waals surface area contributed by atoms with Gasteiger partial charge in [0.2, 0.25) is 15.9 Å². The molecule has 9 heteroatoms. The molecule has 31 heavy (non-hydrogen) atoms. The zero-order chi connectivity index (χ0) is 22.0. The van der Waals surface area contributed by atoms with E-state index in [-0.39, 0.29) is 23.3 Å². The first-order chi connectivity index (χ1) is 14.9. The van der Waals surface area contributed by atoms with Gasteiger partial charge in [-0.05, 0) is 74.2 Å². The minimum absolute atomic E-state index is 0.00796. The van der Waals surface area contributed by atoms with Crippen LogP contribution in [0.15, 0.2) is 53.4 Å². The van der Waals surface area contributed by atoms with Crippen molar-refractivity contribution >= 4 is 39.1 Å². The van der Waals surface area contributed by atoms with Gasteiger partial charge in [-0.3, -0.25) is 9.59 Å². The average molecular weight is 462 g/mol. The molecule has 2 heterocycles. The smallest absolute Gasteiger partial charge is 0.253 e. The van der Waals surface area contributed by atoms with Crippen LogP contribution < -0.4 is 5.32 Å². The van der Waals surface area contributed by atoms with E-state index >= 15 is 0 Å². The lowest BCUT2D eigenvalue weighted by Gasteiger charge is -2.23. The number of nitrogens with zero attached hydrogens (tertiary/aromatic N) is 2. The molecule has 0 saturated carbocycles. The molecule has 2 aromatic carbocycles. The van der Waals surface area contributed by atoms with E-state index in [1.54, 1.807) is 24.3 Å². The van der Waals surface area contributed by atoms with Crippen LogP contribution in [0.4, 0.5) is 5.69 Å². The van der Waals surface area contributed by atoms with Crippen molar-refractivity contribution in [2.75, 3.05) is 25.0 Å². The summed E-state index contributed by atoms with van der Waals surface area (Å²) in [7, 11) is -3.81. The lowest BCUT2D eigenvalue weighted by Crippen LogP contribution is -2.43. The third-order valence-electron chi connectivity index (χ3n) is 5.72. The predicted molar refractivity (Wildman–Crippen MR) is 119 cm³/mol.